The first-order chi connectivity index (χ1) is 9.93. The van der Waals surface area contributed by atoms with Gasteiger partial charge in [-0.2, -0.15) is 0 Å². The first-order valence-corrected chi connectivity index (χ1v) is 7.86. The van der Waals surface area contributed by atoms with E-state index in [4.69, 9.17) is 4.74 Å². The minimum absolute atomic E-state index is 0.0871. The van der Waals surface area contributed by atoms with Gasteiger partial charge in [0.1, 0.15) is 11.4 Å². The number of aryl methyl sites for hydroxylation is 1. The van der Waals surface area contributed by atoms with Gasteiger partial charge in [-0.15, -0.1) is 0 Å². The van der Waals surface area contributed by atoms with Gasteiger partial charge in [0.05, 0.1) is 19.2 Å². The van der Waals surface area contributed by atoms with E-state index in [0.29, 0.717) is 15.9 Å². The van der Waals surface area contributed by atoms with E-state index in [-0.39, 0.29) is 12.2 Å². The maximum Gasteiger partial charge on any atom is 0.188 e. The summed E-state index contributed by atoms with van der Waals surface area (Å²) in [7, 11) is 1.62. The molecule has 0 saturated heterocycles. The van der Waals surface area contributed by atoms with E-state index in [0.717, 1.165) is 21.3 Å². The number of rotatable bonds is 4. The fraction of sp³-hybridized carbons (Fsp3) is 0.267. The van der Waals surface area contributed by atoms with E-state index in [1.165, 1.54) is 0 Å². The van der Waals surface area contributed by atoms with E-state index >= 15 is 0 Å². The lowest BCUT2D eigenvalue weighted by molar-refractivity contribution is 0.0986. The highest BCUT2D eigenvalue weighted by molar-refractivity contribution is 9.11. The molecule has 0 aromatic carbocycles. The normalized spacial score (nSPS) is 10.5. The number of ether oxygens (including phenoxy) is 1. The summed E-state index contributed by atoms with van der Waals surface area (Å²) in [6.07, 6.45) is 3.52. The Morgan fingerprint density at radius 3 is 2.57 bits per heavy atom. The first kappa shape index (κ1) is 16.1. The Hall–Kier alpha value is -1.27. The number of carbonyl (C=O) groups excluding carboxylic acids is 1. The van der Waals surface area contributed by atoms with Gasteiger partial charge in [0.15, 0.2) is 5.78 Å². The molecule has 2 rings (SSSR count). The molecule has 0 aliphatic carbocycles. The van der Waals surface area contributed by atoms with E-state index in [1.807, 2.05) is 13.8 Å². The Labute approximate surface area is 140 Å². The molecule has 0 spiro atoms. The lowest BCUT2D eigenvalue weighted by atomic mass is 10.0. The zero-order valence-corrected chi connectivity index (χ0v) is 15.1. The van der Waals surface area contributed by atoms with Crippen molar-refractivity contribution in [1.29, 1.82) is 0 Å². The van der Waals surface area contributed by atoms with Gasteiger partial charge in [-0.1, -0.05) is 0 Å². The van der Waals surface area contributed by atoms with Crippen molar-refractivity contribution in [2.24, 2.45) is 0 Å². The van der Waals surface area contributed by atoms with Crippen molar-refractivity contribution in [3.8, 4) is 5.75 Å². The zero-order chi connectivity index (χ0) is 15.6. The predicted octanol–water partition coefficient (Wildman–Crippen LogP) is 4.05. The van der Waals surface area contributed by atoms with E-state index < -0.39 is 0 Å². The summed E-state index contributed by atoms with van der Waals surface area (Å²) in [6, 6.07) is 1.80. The molecular formula is C15H14Br2N2O2. The molecule has 2 aromatic rings. The van der Waals surface area contributed by atoms with Crippen molar-refractivity contribution in [3.63, 3.8) is 0 Å². The maximum absolute atomic E-state index is 12.4. The highest BCUT2D eigenvalue weighted by Gasteiger charge is 2.17. The van der Waals surface area contributed by atoms with Gasteiger partial charge in [0.2, 0.25) is 0 Å². The molecule has 2 aromatic heterocycles. The number of hydrogen-bond donors (Lipinski definition) is 0. The molecule has 2 heterocycles. The minimum atomic E-state index is -0.0871. The van der Waals surface area contributed by atoms with Crippen molar-refractivity contribution in [1.82, 2.24) is 9.97 Å². The number of Topliss-reactive ketones (excluding diaryl/α,β-unsaturated/α-hetero) is 1. The molecule has 0 saturated carbocycles. The third kappa shape index (κ3) is 3.49. The average Bonchev–Trinajstić information content (AvgIpc) is 2.42. The third-order valence-corrected chi connectivity index (χ3v) is 4.19. The number of ketones is 1. The Morgan fingerprint density at radius 1 is 1.24 bits per heavy atom. The number of aromatic nitrogens is 2. The Kier molecular flexibility index (Phi) is 5.11. The highest BCUT2D eigenvalue weighted by atomic mass is 79.9. The van der Waals surface area contributed by atoms with Crippen LogP contribution in [0.25, 0.3) is 0 Å². The molecule has 0 radical (unpaired) electrons. The van der Waals surface area contributed by atoms with Crippen LogP contribution in [0.1, 0.15) is 27.3 Å². The highest BCUT2D eigenvalue weighted by Crippen LogP contribution is 2.26. The predicted molar refractivity (Wildman–Crippen MR) is 87.9 cm³/mol. The molecule has 21 heavy (non-hydrogen) atoms. The molecule has 4 nitrogen and oxygen atoms in total. The number of halogens is 2. The van der Waals surface area contributed by atoms with Gasteiger partial charge in [-0.3, -0.25) is 14.8 Å². The summed E-state index contributed by atoms with van der Waals surface area (Å²) in [6.45, 7) is 3.84. The van der Waals surface area contributed by atoms with Crippen molar-refractivity contribution in [2.75, 3.05) is 7.11 Å². The summed E-state index contributed by atoms with van der Waals surface area (Å²) >= 11 is 6.68. The smallest absolute Gasteiger partial charge is 0.188 e. The van der Waals surface area contributed by atoms with Crippen LogP contribution in [0.2, 0.25) is 0 Å². The molecule has 0 atom stereocenters. The Balaban J connectivity index is 2.32. The third-order valence-electron chi connectivity index (χ3n) is 3.15. The molecule has 0 aliphatic rings. The van der Waals surface area contributed by atoms with Crippen LogP contribution in [-0.4, -0.2) is 22.9 Å². The number of carbonyl (C=O) groups is 1. The van der Waals surface area contributed by atoms with Crippen molar-refractivity contribution < 1.29 is 9.53 Å². The average molecular weight is 414 g/mol. The monoisotopic (exact) mass is 412 g/mol. The second-order valence-corrected chi connectivity index (χ2v) is 6.40. The standard InChI is InChI=1S/C15H14Br2N2O2/c1-8-6-18-12(9(2)15(8)21-3)5-13(20)14-11(17)4-10(16)7-19-14/h4,6-7H,5H2,1-3H3. The molecule has 0 aliphatic heterocycles. The molecule has 0 unspecified atom stereocenters. The molecule has 110 valence electrons. The van der Waals surface area contributed by atoms with Crippen molar-refractivity contribution >= 4 is 37.6 Å². The lowest BCUT2D eigenvalue weighted by Gasteiger charge is -2.12. The van der Waals surface area contributed by atoms with Crippen LogP contribution >= 0.6 is 31.9 Å². The summed E-state index contributed by atoms with van der Waals surface area (Å²) in [4.78, 5) is 20.9. The van der Waals surface area contributed by atoms with Gasteiger partial charge in [0.25, 0.3) is 0 Å². The van der Waals surface area contributed by atoms with Gasteiger partial charge < -0.3 is 4.74 Å². The molecular weight excluding hydrogens is 400 g/mol. The quantitative estimate of drug-likeness (QED) is 0.709. The van der Waals surface area contributed by atoms with Crippen LogP contribution in [-0.2, 0) is 6.42 Å². The summed E-state index contributed by atoms with van der Waals surface area (Å²) in [5.74, 6) is 0.687. The van der Waals surface area contributed by atoms with Crippen LogP contribution in [0.5, 0.6) is 5.75 Å². The molecule has 6 heteroatoms. The van der Waals surface area contributed by atoms with Gasteiger partial charge in [-0.25, -0.2) is 0 Å². The lowest BCUT2D eigenvalue weighted by Crippen LogP contribution is -2.10. The second kappa shape index (κ2) is 6.66. The molecule has 0 bridgehead atoms. The number of methoxy groups -OCH3 is 1. The number of pyridine rings is 2. The largest absolute Gasteiger partial charge is 0.496 e. The second-order valence-electron chi connectivity index (χ2n) is 4.63. The summed E-state index contributed by atoms with van der Waals surface area (Å²) in [5, 5.41) is 0. The number of hydrogen-bond acceptors (Lipinski definition) is 4. The molecule has 0 N–H and O–H groups in total. The Morgan fingerprint density at radius 2 is 1.95 bits per heavy atom. The van der Waals surface area contributed by atoms with Crippen LogP contribution in [0.15, 0.2) is 27.4 Å². The summed E-state index contributed by atoms with van der Waals surface area (Å²) in [5.41, 5.74) is 2.95. The fourth-order valence-corrected chi connectivity index (χ4v) is 3.31. The van der Waals surface area contributed by atoms with Crippen LogP contribution in [0.4, 0.5) is 0 Å². The van der Waals surface area contributed by atoms with E-state index in [9.17, 15) is 4.79 Å². The topological polar surface area (TPSA) is 52.1 Å². The van der Waals surface area contributed by atoms with Crippen LogP contribution in [0.3, 0.4) is 0 Å². The fourth-order valence-electron chi connectivity index (χ4n) is 2.10. The van der Waals surface area contributed by atoms with Gasteiger partial charge in [0, 0.05) is 32.5 Å². The Bertz CT molecular complexity index is 702. The molecule has 0 fully saturated rings. The van der Waals surface area contributed by atoms with E-state index in [1.54, 1.807) is 25.6 Å². The van der Waals surface area contributed by atoms with Crippen LogP contribution < -0.4 is 4.74 Å². The van der Waals surface area contributed by atoms with Crippen molar-refractivity contribution in [3.05, 3.63) is 49.9 Å². The van der Waals surface area contributed by atoms with Gasteiger partial charge in [-0.05, 0) is 51.8 Å². The van der Waals surface area contributed by atoms with Crippen molar-refractivity contribution in [2.45, 2.75) is 20.3 Å². The minimum Gasteiger partial charge on any atom is -0.496 e. The van der Waals surface area contributed by atoms with Gasteiger partial charge >= 0.3 is 0 Å². The SMILES string of the molecule is COc1c(C)cnc(CC(=O)c2ncc(Br)cc2Br)c1C. The van der Waals surface area contributed by atoms with Crippen LogP contribution in [0, 0.1) is 13.8 Å². The number of nitrogens with zero attached hydrogens (tertiary/aromatic N) is 2. The maximum atomic E-state index is 12.4. The first-order valence-electron chi connectivity index (χ1n) is 6.27. The van der Waals surface area contributed by atoms with E-state index in [2.05, 4.69) is 41.8 Å². The summed E-state index contributed by atoms with van der Waals surface area (Å²) < 4.78 is 6.84. The zero-order valence-electron chi connectivity index (χ0n) is 11.9. The molecule has 0 amide bonds.